The molecule has 176 valence electrons. The van der Waals surface area contributed by atoms with E-state index in [4.69, 9.17) is 5.26 Å². The number of nitriles is 1. The van der Waals surface area contributed by atoms with Gasteiger partial charge in [0.05, 0.1) is 28.8 Å². The molecule has 2 aromatic rings. The molecule has 0 atom stereocenters. The molecule has 1 N–H and O–H groups in total. The van der Waals surface area contributed by atoms with Gasteiger partial charge in [-0.3, -0.25) is 9.69 Å². The summed E-state index contributed by atoms with van der Waals surface area (Å²) in [6.45, 7) is 6.85. The first kappa shape index (κ1) is 24.6. The van der Waals surface area contributed by atoms with Crippen LogP contribution in [0.5, 0.6) is 0 Å². The highest BCUT2D eigenvalue weighted by Gasteiger charge is 2.23. The average molecular weight is 474 g/mol. The van der Waals surface area contributed by atoms with Gasteiger partial charge in [0.15, 0.2) is 0 Å². The van der Waals surface area contributed by atoms with Crippen LogP contribution in [-0.4, -0.2) is 69.3 Å². The number of hydrogen-bond acceptors (Lipinski definition) is 6. The van der Waals surface area contributed by atoms with E-state index in [1.54, 1.807) is 38.1 Å². The number of anilines is 2. The van der Waals surface area contributed by atoms with E-state index in [0.29, 0.717) is 50.6 Å². The van der Waals surface area contributed by atoms with Crippen LogP contribution in [0.3, 0.4) is 0 Å². The molecule has 1 heterocycles. The lowest BCUT2D eigenvalue weighted by molar-refractivity contribution is -0.117. The molecule has 0 unspecified atom stereocenters. The number of hydrogen-bond donors (Lipinski definition) is 1. The SMILES string of the molecule is CCN(CC)S(=O)(=O)c1ccc(NC(=O)CN2CCN(c3ccc(C#N)cc3F)CC2)cc1. The van der Waals surface area contributed by atoms with Crippen molar-refractivity contribution in [2.45, 2.75) is 18.7 Å². The fourth-order valence-electron chi connectivity index (χ4n) is 3.81. The van der Waals surface area contributed by atoms with Gasteiger partial charge in [0.1, 0.15) is 5.82 Å². The maximum absolute atomic E-state index is 14.2. The molecule has 0 aromatic heterocycles. The van der Waals surface area contributed by atoms with Crippen molar-refractivity contribution in [3.05, 3.63) is 53.8 Å². The Morgan fingerprint density at radius 2 is 1.73 bits per heavy atom. The number of halogens is 1. The Kier molecular flexibility index (Phi) is 8.02. The number of rotatable bonds is 8. The monoisotopic (exact) mass is 473 g/mol. The summed E-state index contributed by atoms with van der Waals surface area (Å²) in [5.74, 6) is -0.626. The van der Waals surface area contributed by atoms with Crippen LogP contribution in [0.15, 0.2) is 47.4 Å². The minimum Gasteiger partial charge on any atom is -0.367 e. The highest BCUT2D eigenvalue weighted by molar-refractivity contribution is 7.89. The van der Waals surface area contributed by atoms with Crippen LogP contribution >= 0.6 is 0 Å². The normalized spacial score (nSPS) is 14.8. The summed E-state index contributed by atoms with van der Waals surface area (Å²) in [6.07, 6.45) is 0. The minimum absolute atomic E-state index is 0.184. The summed E-state index contributed by atoms with van der Waals surface area (Å²) in [5.41, 5.74) is 1.26. The van der Waals surface area contributed by atoms with Crippen LogP contribution in [-0.2, 0) is 14.8 Å². The Balaban J connectivity index is 1.52. The molecular weight excluding hydrogens is 445 g/mol. The molecule has 1 aliphatic heterocycles. The van der Waals surface area contributed by atoms with Gasteiger partial charge in [0.2, 0.25) is 15.9 Å². The molecule has 10 heteroatoms. The maximum atomic E-state index is 14.2. The van der Waals surface area contributed by atoms with Crippen molar-refractivity contribution < 1.29 is 17.6 Å². The number of sulfonamides is 1. The second-order valence-electron chi connectivity index (χ2n) is 7.70. The van der Waals surface area contributed by atoms with E-state index in [1.165, 1.54) is 22.5 Å². The fraction of sp³-hybridized carbons (Fsp3) is 0.391. The predicted octanol–water partition coefficient (Wildman–Crippen LogP) is 2.49. The average Bonchev–Trinajstić information content (AvgIpc) is 2.80. The largest absolute Gasteiger partial charge is 0.367 e. The number of nitrogens with one attached hydrogen (secondary N) is 1. The molecule has 8 nitrogen and oxygen atoms in total. The number of piperazine rings is 1. The minimum atomic E-state index is -3.54. The Hall–Kier alpha value is -3.00. The summed E-state index contributed by atoms with van der Waals surface area (Å²) in [6, 6.07) is 12.5. The molecule has 2 aromatic carbocycles. The van der Waals surface area contributed by atoms with Crippen molar-refractivity contribution in [2.24, 2.45) is 0 Å². The molecule has 1 fully saturated rings. The standard InChI is InChI=1S/C23H28FN5O3S/c1-3-29(4-2)33(31,32)20-8-6-19(7-9-20)26-23(30)17-27-11-13-28(14-12-27)22-10-5-18(16-25)15-21(22)24/h5-10,15H,3-4,11-14,17H2,1-2H3,(H,26,30). The van der Waals surface area contributed by atoms with E-state index >= 15 is 0 Å². The summed E-state index contributed by atoms with van der Waals surface area (Å²) < 4.78 is 40.8. The predicted molar refractivity (Wildman–Crippen MR) is 125 cm³/mol. The third-order valence-corrected chi connectivity index (χ3v) is 7.70. The van der Waals surface area contributed by atoms with Gasteiger partial charge in [-0.2, -0.15) is 9.57 Å². The van der Waals surface area contributed by atoms with Gasteiger partial charge in [-0.15, -0.1) is 0 Å². The first-order valence-electron chi connectivity index (χ1n) is 10.9. The smallest absolute Gasteiger partial charge is 0.243 e. The highest BCUT2D eigenvalue weighted by atomic mass is 32.2. The molecule has 3 rings (SSSR count). The van der Waals surface area contributed by atoms with E-state index in [1.807, 2.05) is 15.9 Å². The first-order chi connectivity index (χ1) is 15.8. The van der Waals surface area contributed by atoms with E-state index < -0.39 is 15.8 Å². The first-order valence-corrected chi connectivity index (χ1v) is 12.3. The summed E-state index contributed by atoms with van der Waals surface area (Å²) >= 11 is 0. The lowest BCUT2D eigenvalue weighted by Crippen LogP contribution is -2.48. The highest BCUT2D eigenvalue weighted by Crippen LogP contribution is 2.22. The molecule has 0 spiro atoms. The Bertz CT molecular complexity index is 1120. The lowest BCUT2D eigenvalue weighted by Gasteiger charge is -2.35. The summed E-state index contributed by atoms with van der Waals surface area (Å²) in [4.78, 5) is 16.5. The zero-order valence-electron chi connectivity index (χ0n) is 18.8. The van der Waals surface area contributed by atoms with Crippen molar-refractivity contribution in [1.82, 2.24) is 9.21 Å². The number of nitrogens with zero attached hydrogens (tertiary/aromatic N) is 4. The summed E-state index contributed by atoms with van der Waals surface area (Å²) in [5, 5.41) is 11.7. The van der Waals surface area contributed by atoms with E-state index in [9.17, 15) is 17.6 Å². The van der Waals surface area contributed by atoms with E-state index in [-0.39, 0.29) is 22.9 Å². The third kappa shape index (κ3) is 5.87. The quantitative estimate of drug-likeness (QED) is 0.633. The zero-order valence-corrected chi connectivity index (χ0v) is 19.6. The van der Waals surface area contributed by atoms with Crippen molar-refractivity contribution in [3.63, 3.8) is 0 Å². The molecule has 0 radical (unpaired) electrons. The fourth-order valence-corrected chi connectivity index (χ4v) is 5.26. The van der Waals surface area contributed by atoms with Gasteiger partial charge in [-0.25, -0.2) is 12.8 Å². The second-order valence-corrected chi connectivity index (χ2v) is 9.64. The van der Waals surface area contributed by atoms with Crippen molar-refractivity contribution in [1.29, 1.82) is 5.26 Å². The van der Waals surface area contributed by atoms with Crippen LogP contribution in [0.2, 0.25) is 0 Å². The van der Waals surface area contributed by atoms with Crippen LogP contribution < -0.4 is 10.2 Å². The van der Waals surface area contributed by atoms with Crippen molar-refractivity contribution in [3.8, 4) is 6.07 Å². The van der Waals surface area contributed by atoms with Crippen molar-refractivity contribution >= 4 is 27.3 Å². The number of carbonyl (C=O) groups excluding carboxylic acids is 1. The Morgan fingerprint density at radius 1 is 1.09 bits per heavy atom. The molecule has 33 heavy (non-hydrogen) atoms. The van der Waals surface area contributed by atoms with Crippen LogP contribution in [0.1, 0.15) is 19.4 Å². The Labute approximate surface area is 194 Å². The van der Waals surface area contributed by atoms with Gasteiger partial charge < -0.3 is 10.2 Å². The molecule has 1 aliphatic rings. The van der Waals surface area contributed by atoms with Crippen LogP contribution in [0, 0.1) is 17.1 Å². The van der Waals surface area contributed by atoms with Gasteiger partial charge in [0.25, 0.3) is 0 Å². The molecule has 1 saturated heterocycles. The summed E-state index contributed by atoms with van der Waals surface area (Å²) in [7, 11) is -3.54. The van der Waals surface area contributed by atoms with Gasteiger partial charge in [0, 0.05) is 45.0 Å². The molecule has 0 saturated carbocycles. The number of carbonyl (C=O) groups is 1. The molecule has 0 aliphatic carbocycles. The lowest BCUT2D eigenvalue weighted by atomic mass is 10.2. The van der Waals surface area contributed by atoms with E-state index in [0.717, 1.165) is 0 Å². The molecule has 0 bridgehead atoms. The van der Waals surface area contributed by atoms with Crippen molar-refractivity contribution in [2.75, 3.05) is 56.0 Å². The van der Waals surface area contributed by atoms with Gasteiger partial charge >= 0.3 is 0 Å². The second kappa shape index (κ2) is 10.7. The topological polar surface area (TPSA) is 96.8 Å². The number of benzene rings is 2. The van der Waals surface area contributed by atoms with Crippen LogP contribution in [0.25, 0.3) is 0 Å². The van der Waals surface area contributed by atoms with Gasteiger partial charge in [-0.1, -0.05) is 13.8 Å². The molecular formula is C23H28FN5O3S. The number of amides is 1. The van der Waals surface area contributed by atoms with Crippen LogP contribution in [0.4, 0.5) is 15.8 Å². The Morgan fingerprint density at radius 3 is 2.27 bits per heavy atom. The zero-order chi connectivity index (χ0) is 24.0. The van der Waals surface area contributed by atoms with E-state index in [2.05, 4.69) is 5.32 Å². The van der Waals surface area contributed by atoms with Gasteiger partial charge in [-0.05, 0) is 42.5 Å². The molecule has 1 amide bonds. The maximum Gasteiger partial charge on any atom is 0.243 e. The third-order valence-electron chi connectivity index (χ3n) is 5.64.